The zero-order valence-electron chi connectivity index (χ0n) is 13.1. The zero-order valence-corrected chi connectivity index (χ0v) is 13.9. The molecule has 6 heteroatoms. The molecular weight excluding hydrogens is 298 g/mol. The minimum atomic E-state index is -0.408. The second kappa shape index (κ2) is 5.85. The van der Waals surface area contributed by atoms with E-state index in [0.29, 0.717) is 18.2 Å². The lowest BCUT2D eigenvalue weighted by atomic mass is 10.2. The minimum Gasteiger partial charge on any atom is -0.391 e. The number of aliphatic hydroxyl groups excluding tert-OH is 1. The van der Waals surface area contributed by atoms with Crippen LogP contribution in [0.4, 0.5) is 0 Å². The van der Waals surface area contributed by atoms with Crippen molar-refractivity contribution >= 4 is 17.2 Å². The molecule has 0 radical (unpaired) electrons. The van der Waals surface area contributed by atoms with Gasteiger partial charge in [-0.3, -0.25) is 4.79 Å². The van der Waals surface area contributed by atoms with Gasteiger partial charge in [-0.2, -0.15) is 0 Å². The molecule has 1 fully saturated rings. The van der Waals surface area contributed by atoms with Crippen molar-refractivity contribution in [1.29, 1.82) is 0 Å². The first-order chi connectivity index (χ1) is 10.5. The number of aromatic nitrogens is 2. The van der Waals surface area contributed by atoms with Crippen LogP contribution in [-0.2, 0) is 7.05 Å². The highest BCUT2D eigenvalue weighted by molar-refractivity contribution is 7.09. The number of hydrogen-bond donors (Lipinski definition) is 1. The molecule has 0 bridgehead atoms. The van der Waals surface area contributed by atoms with Crippen LogP contribution in [0.25, 0.3) is 11.3 Å². The second-order valence-electron chi connectivity index (χ2n) is 6.07. The summed E-state index contributed by atoms with van der Waals surface area (Å²) in [4.78, 5) is 18.6. The molecule has 0 spiro atoms. The predicted octanol–water partition coefficient (Wildman–Crippen LogP) is 2.30. The lowest BCUT2D eigenvalue weighted by Crippen LogP contribution is -2.36. The summed E-state index contributed by atoms with van der Waals surface area (Å²) in [7, 11) is 3.61. The highest BCUT2D eigenvalue weighted by Crippen LogP contribution is 2.33. The average Bonchev–Trinajstić information content (AvgIpc) is 3.14. The fourth-order valence-electron chi connectivity index (χ4n) is 2.60. The first-order valence-corrected chi connectivity index (χ1v) is 8.36. The molecule has 2 aromatic rings. The lowest BCUT2D eigenvalue weighted by molar-refractivity contribution is 0.0637. The van der Waals surface area contributed by atoms with Gasteiger partial charge < -0.3 is 14.6 Å². The topological polar surface area (TPSA) is 58.4 Å². The van der Waals surface area contributed by atoms with E-state index >= 15 is 0 Å². The fourth-order valence-corrected chi connectivity index (χ4v) is 3.22. The van der Waals surface area contributed by atoms with E-state index < -0.39 is 6.10 Å². The van der Waals surface area contributed by atoms with Crippen LogP contribution >= 0.6 is 11.3 Å². The van der Waals surface area contributed by atoms with Crippen molar-refractivity contribution in [2.45, 2.75) is 25.9 Å². The monoisotopic (exact) mass is 319 g/mol. The van der Waals surface area contributed by atoms with Crippen molar-refractivity contribution < 1.29 is 9.90 Å². The Balaban J connectivity index is 1.75. The summed E-state index contributed by atoms with van der Waals surface area (Å²) >= 11 is 1.60. The third kappa shape index (κ3) is 3.08. The summed E-state index contributed by atoms with van der Waals surface area (Å²) in [6, 6.07) is 1.87. The Morgan fingerprint density at radius 2 is 2.32 bits per heavy atom. The Morgan fingerprint density at radius 3 is 2.91 bits per heavy atom. The van der Waals surface area contributed by atoms with Crippen LogP contribution in [0, 0.1) is 12.8 Å². The van der Waals surface area contributed by atoms with Crippen LogP contribution in [0.15, 0.2) is 17.6 Å². The second-order valence-corrected chi connectivity index (χ2v) is 7.13. The third-order valence-corrected chi connectivity index (χ3v) is 4.89. The summed E-state index contributed by atoms with van der Waals surface area (Å²) in [5, 5.41) is 13.0. The summed E-state index contributed by atoms with van der Waals surface area (Å²) in [5.74, 6) is 0.303. The molecule has 0 saturated heterocycles. The molecule has 3 rings (SSSR count). The van der Waals surface area contributed by atoms with E-state index in [0.717, 1.165) is 29.1 Å². The minimum absolute atomic E-state index is 0.0691. The highest BCUT2D eigenvalue weighted by atomic mass is 32.1. The number of aliphatic hydroxyl groups is 1. The van der Waals surface area contributed by atoms with Gasteiger partial charge in [-0.15, -0.1) is 11.3 Å². The fraction of sp³-hybridized carbons (Fsp3) is 0.500. The summed E-state index contributed by atoms with van der Waals surface area (Å²) in [6.07, 6.45) is 3.66. The predicted molar refractivity (Wildman–Crippen MR) is 86.9 cm³/mol. The molecule has 2 aromatic heterocycles. The molecule has 1 aliphatic carbocycles. The van der Waals surface area contributed by atoms with Gasteiger partial charge in [0, 0.05) is 37.8 Å². The van der Waals surface area contributed by atoms with Gasteiger partial charge in [0.1, 0.15) is 5.69 Å². The van der Waals surface area contributed by atoms with E-state index in [1.165, 1.54) is 0 Å². The van der Waals surface area contributed by atoms with Gasteiger partial charge in [0.2, 0.25) is 0 Å². The van der Waals surface area contributed by atoms with Crippen LogP contribution in [0.2, 0.25) is 0 Å². The average molecular weight is 319 g/mol. The maximum absolute atomic E-state index is 12.6. The van der Waals surface area contributed by atoms with Gasteiger partial charge in [0.05, 0.1) is 16.8 Å². The molecule has 2 heterocycles. The van der Waals surface area contributed by atoms with Gasteiger partial charge >= 0.3 is 0 Å². The van der Waals surface area contributed by atoms with E-state index in [2.05, 4.69) is 4.98 Å². The number of hydrogen-bond acceptors (Lipinski definition) is 4. The Hall–Kier alpha value is -1.66. The van der Waals surface area contributed by atoms with Crippen molar-refractivity contribution in [3.05, 3.63) is 28.3 Å². The van der Waals surface area contributed by atoms with Crippen LogP contribution < -0.4 is 0 Å². The number of thiazole rings is 1. The van der Waals surface area contributed by atoms with Crippen molar-refractivity contribution in [3.8, 4) is 11.3 Å². The van der Waals surface area contributed by atoms with Crippen molar-refractivity contribution in [3.63, 3.8) is 0 Å². The van der Waals surface area contributed by atoms with E-state index in [9.17, 15) is 9.90 Å². The van der Waals surface area contributed by atoms with E-state index in [1.807, 2.05) is 36.2 Å². The quantitative estimate of drug-likeness (QED) is 0.920. The number of nitrogens with zero attached hydrogens (tertiary/aromatic N) is 3. The first kappa shape index (κ1) is 15.2. The molecule has 1 unspecified atom stereocenters. The largest absolute Gasteiger partial charge is 0.391 e. The maximum Gasteiger partial charge on any atom is 0.270 e. The summed E-state index contributed by atoms with van der Waals surface area (Å²) in [5.41, 5.74) is 2.47. The van der Waals surface area contributed by atoms with Crippen LogP contribution in [0.1, 0.15) is 28.3 Å². The SMILES string of the molecule is Cc1nc(-c2cc(C(=O)N(C)CC(O)C3CC3)n(C)c2)cs1. The highest BCUT2D eigenvalue weighted by Gasteiger charge is 2.31. The van der Waals surface area contributed by atoms with Crippen LogP contribution in [0.3, 0.4) is 0 Å². The van der Waals surface area contributed by atoms with Crippen molar-refractivity contribution in [1.82, 2.24) is 14.5 Å². The summed E-state index contributed by atoms with van der Waals surface area (Å²) < 4.78 is 1.83. The number of aryl methyl sites for hydroxylation is 2. The van der Waals surface area contributed by atoms with Crippen molar-refractivity contribution in [2.75, 3.05) is 13.6 Å². The molecule has 118 valence electrons. The molecule has 1 aliphatic rings. The van der Waals surface area contributed by atoms with Gasteiger partial charge in [-0.05, 0) is 31.7 Å². The summed E-state index contributed by atoms with van der Waals surface area (Å²) in [6.45, 7) is 2.36. The first-order valence-electron chi connectivity index (χ1n) is 7.48. The smallest absolute Gasteiger partial charge is 0.270 e. The van der Waals surface area contributed by atoms with Crippen molar-refractivity contribution in [2.24, 2.45) is 13.0 Å². The molecule has 0 aromatic carbocycles. The van der Waals surface area contributed by atoms with Gasteiger partial charge in [0.25, 0.3) is 5.91 Å². The molecule has 5 nitrogen and oxygen atoms in total. The number of carbonyl (C=O) groups is 1. The molecule has 1 saturated carbocycles. The molecule has 1 N–H and O–H groups in total. The number of amides is 1. The molecule has 1 amide bonds. The van der Waals surface area contributed by atoms with E-state index in [4.69, 9.17) is 0 Å². The van der Waals surface area contributed by atoms with Gasteiger partial charge in [-0.1, -0.05) is 0 Å². The molecule has 22 heavy (non-hydrogen) atoms. The lowest BCUT2D eigenvalue weighted by Gasteiger charge is -2.20. The Kier molecular flexibility index (Phi) is 4.06. The number of carbonyl (C=O) groups excluding carboxylic acids is 1. The van der Waals surface area contributed by atoms with E-state index in [1.54, 1.807) is 23.3 Å². The number of rotatable bonds is 5. The Bertz CT molecular complexity index is 687. The number of likely N-dealkylation sites (N-methyl/N-ethyl adjacent to an activating group) is 1. The van der Waals surface area contributed by atoms with Gasteiger partial charge in [-0.25, -0.2) is 4.98 Å². The zero-order chi connectivity index (χ0) is 15.9. The normalized spacial score (nSPS) is 15.8. The standard InChI is InChI=1S/C16H21N3O2S/c1-10-17-13(9-22-10)12-6-14(18(2)7-12)16(21)19(3)8-15(20)11-4-5-11/h6-7,9,11,15,20H,4-5,8H2,1-3H3. The molecular formula is C16H21N3O2S. The van der Waals surface area contributed by atoms with Gasteiger partial charge in [0.15, 0.2) is 0 Å². The molecule has 1 atom stereocenters. The van der Waals surface area contributed by atoms with Crippen LogP contribution in [0.5, 0.6) is 0 Å². The Morgan fingerprint density at radius 1 is 1.59 bits per heavy atom. The van der Waals surface area contributed by atoms with E-state index in [-0.39, 0.29) is 5.91 Å². The Labute approximate surface area is 134 Å². The third-order valence-electron chi connectivity index (χ3n) is 4.11. The maximum atomic E-state index is 12.6. The molecule has 0 aliphatic heterocycles. The van der Waals surface area contributed by atoms with Crippen LogP contribution in [-0.4, -0.2) is 45.2 Å².